The molecule has 0 heterocycles. The average Bonchev–Trinajstić information content (AvgIpc) is 3.04. The summed E-state index contributed by atoms with van der Waals surface area (Å²) < 4.78 is -0.611. The number of carboxylic acid groups (broad SMARTS) is 1. The second kappa shape index (κ2) is 15.5. The number of benzene rings is 4. The first-order valence-corrected chi connectivity index (χ1v) is 15.9. The number of rotatable bonds is 15. The fraction of sp³-hybridized carbons (Fsp3) is 0.270. The molecule has 1 unspecified atom stereocenters. The van der Waals surface area contributed by atoms with E-state index in [0.29, 0.717) is 24.3 Å². The Morgan fingerprint density at radius 2 is 1.20 bits per heavy atom. The van der Waals surface area contributed by atoms with Crippen molar-refractivity contribution in [2.45, 2.75) is 50.6 Å². The molecule has 44 heavy (non-hydrogen) atoms. The SMILES string of the molecule is CC(=O)C(CSC(c1ccccc1)(c1ccccc1)c1ccccc1)NC(=O)c1ccc(CN[C@@H](CC(C)C)C(=O)O)cc1. The second-order valence-electron chi connectivity index (χ2n) is 11.3. The zero-order valence-electron chi connectivity index (χ0n) is 25.4. The van der Waals surface area contributed by atoms with Crippen LogP contribution < -0.4 is 10.6 Å². The summed E-state index contributed by atoms with van der Waals surface area (Å²) in [6.07, 6.45) is 0.528. The molecule has 0 saturated heterocycles. The molecular weight excluding hydrogens is 568 g/mol. The molecular formula is C37H40N2O4S. The van der Waals surface area contributed by atoms with E-state index in [1.165, 1.54) is 6.92 Å². The van der Waals surface area contributed by atoms with E-state index in [9.17, 15) is 19.5 Å². The van der Waals surface area contributed by atoms with Crippen LogP contribution in [-0.2, 0) is 20.9 Å². The van der Waals surface area contributed by atoms with Gasteiger partial charge in [-0.3, -0.25) is 14.4 Å². The third-order valence-electron chi connectivity index (χ3n) is 7.58. The van der Waals surface area contributed by atoms with Gasteiger partial charge in [0.05, 0.1) is 10.8 Å². The Morgan fingerprint density at radius 3 is 1.61 bits per heavy atom. The lowest BCUT2D eigenvalue weighted by molar-refractivity contribution is -0.140. The van der Waals surface area contributed by atoms with E-state index in [4.69, 9.17) is 0 Å². The van der Waals surface area contributed by atoms with Crippen LogP contribution in [0, 0.1) is 5.92 Å². The first-order valence-electron chi connectivity index (χ1n) is 14.9. The van der Waals surface area contributed by atoms with Crippen molar-refractivity contribution in [2.75, 3.05) is 5.75 Å². The van der Waals surface area contributed by atoms with Crippen LogP contribution >= 0.6 is 11.8 Å². The zero-order valence-corrected chi connectivity index (χ0v) is 26.2. The monoisotopic (exact) mass is 608 g/mol. The van der Waals surface area contributed by atoms with Gasteiger partial charge in [-0.2, -0.15) is 0 Å². The Bertz CT molecular complexity index is 1410. The number of carbonyl (C=O) groups is 3. The van der Waals surface area contributed by atoms with Crippen molar-refractivity contribution in [3.05, 3.63) is 143 Å². The maximum atomic E-state index is 13.3. The van der Waals surface area contributed by atoms with Gasteiger partial charge in [-0.15, -0.1) is 11.8 Å². The standard InChI is InChI=1S/C37H40N2O4S/c1-26(2)23-33(36(42)43)38-24-28-19-21-29(22-20-28)35(41)39-34(27(3)40)25-44-37(30-13-7-4-8-14-30,31-15-9-5-10-16-31)32-17-11-6-12-18-32/h4-22,26,33-34,38H,23-25H2,1-3H3,(H,39,41)(H,42,43)/t33-,34?/m0/s1. The fourth-order valence-corrected chi connectivity index (χ4v) is 6.88. The van der Waals surface area contributed by atoms with Gasteiger partial charge >= 0.3 is 5.97 Å². The molecule has 7 heteroatoms. The highest BCUT2D eigenvalue weighted by molar-refractivity contribution is 8.00. The minimum atomic E-state index is -0.876. The topological polar surface area (TPSA) is 95.5 Å². The van der Waals surface area contributed by atoms with Gasteiger partial charge < -0.3 is 15.7 Å². The van der Waals surface area contributed by atoms with E-state index < -0.39 is 22.8 Å². The molecule has 4 aromatic carbocycles. The maximum absolute atomic E-state index is 13.3. The highest BCUT2D eigenvalue weighted by atomic mass is 32.2. The third kappa shape index (κ3) is 8.24. The van der Waals surface area contributed by atoms with Crippen LogP contribution in [-0.4, -0.2) is 40.6 Å². The van der Waals surface area contributed by atoms with Crippen molar-refractivity contribution in [1.82, 2.24) is 10.6 Å². The minimum Gasteiger partial charge on any atom is -0.480 e. The van der Waals surface area contributed by atoms with E-state index >= 15 is 0 Å². The van der Waals surface area contributed by atoms with Crippen molar-refractivity contribution in [2.24, 2.45) is 5.92 Å². The number of hydrogen-bond donors (Lipinski definition) is 3. The number of Topliss-reactive ketones (excluding diaryl/α,β-unsaturated/α-hetero) is 1. The highest BCUT2D eigenvalue weighted by Gasteiger charge is 2.38. The predicted octanol–water partition coefficient (Wildman–Crippen LogP) is 6.69. The van der Waals surface area contributed by atoms with Crippen molar-refractivity contribution in [3.8, 4) is 0 Å². The van der Waals surface area contributed by atoms with Crippen LogP contribution in [0.3, 0.4) is 0 Å². The van der Waals surface area contributed by atoms with E-state index in [1.807, 2.05) is 68.4 Å². The summed E-state index contributed by atoms with van der Waals surface area (Å²) in [6, 6.07) is 36.4. The van der Waals surface area contributed by atoms with Gasteiger partial charge in [0.15, 0.2) is 5.78 Å². The van der Waals surface area contributed by atoms with Gasteiger partial charge in [0, 0.05) is 17.9 Å². The minimum absolute atomic E-state index is 0.125. The molecule has 3 N–H and O–H groups in total. The summed E-state index contributed by atoms with van der Waals surface area (Å²) in [4.78, 5) is 37.8. The molecule has 228 valence electrons. The van der Waals surface area contributed by atoms with Crippen molar-refractivity contribution >= 4 is 29.4 Å². The van der Waals surface area contributed by atoms with Gasteiger partial charge in [-0.05, 0) is 53.6 Å². The molecule has 2 atom stereocenters. The molecule has 4 rings (SSSR count). The zero-order chi connectivity index (χ0) is 31.5. The van der Waals surface area contributed by atoms with E-state index in [2.05, 4.69) is 47.0 Å². The first-order chi connectivity index (χ1) is 21.2. The number of hydrogen-bond acceptors (Lipinski definition) is 5. The second-order valence-corrected chi connectivity index (χ2v) is 12.6. The molecule has 0 spiro atoms. The Labute approximate surface area is 264 Å². The molecule has 6 nitrogen and oxygen atoms in total. The van der Waals surface area contributed by atoms with Crippen LogP contribution in [0.4, 0.5) is 0 Å². The van der Waals surface area contributed by atoms with E-state index in [0.717, 1.165) is 22.3 Å². The molecule has 0 radical (unpaired) electrons. The van der Waals surface area contributed by atoms with Crippen LogP contribution in [0.2, 0.25) is 0 Å². The summed E-state index contributed by atoms with van der Waals surface area (Å²) in [7, 11) is 0. The lowest BCUT2D eigenvalue weighted by Gasteiger charge is -2.36. The average molecular weight is 609 g/mol. The molecule has 0 saturated carbocycles. The summed E-state index contributed by atoms with van der Waals surface area (Å²) in [5.74, 6) is -0.731. The fourth-order valence-electron chi connectivity index (χ4n) is 5.24. The predicted molar refractivity (Wildman–Crippen MR) is 178 cm³/mol. The first kappa shape index (κ1) is 32.7. The van der Waals surface area contributed by atoms with Crippen molar-refractivity contribution < 1.29 is 19.5 Å². The molecule has 0 aromatic heterocycles. The number of aliphatic carboxylic acids is 1. The lowest BCUT2D eigenvalue weighted by Crippen LogP contribution is -2.43. The van der Waals surface area contributed by atoms with Gasteiger partial charge in [0.25, 0.3) is 5.91 Å². The van der Waals surface area contributed by atoms with Gasteiger partial charge in [-0.1, -0.05) is 117 Å². The van der Waals surface area contributed by atoms with Crippen LogP contribution in [0.1, 0.15) is 59.8 Å². The molecule has 0 bridgehead atoms. The van der Waals surface area contributed by atoms with Gasteiger partial charge in [0.2, 0.25) is 0 Å². The molecule has 4 aromatic rings. The van der Waals surface area contributed by atoms with Gasteiger partial charge in [-0.25, -0.2) is 0 Å². The Kier molecular flexibility index (Phi) is 11.5. The van der Waals surface area contributed by atoms with Crippen LogP contribution in [0.5, 0.6) is 0 Å². The number of carbonyl (C=O) groups excluding carboxylic acids is 2. The van der Waals surface area contributed by atoms with Crippen molar-refractivity contribution in [3.63, 3.8) is 0 Å². The normalized spacial score (nSPS) is 12.8. The summed E-state index contributed by atoms with van der Waals surface area (Å²) >= 11 is 1.63. The van der Waals surface area contributed by atoms with Crippen molar-refractivity contribution in [1.29, 1.82) is 0 Å². The quantitative estimate of drug-likeness (QED) is 0.130. The number of amides is 1. The summed E-state index contributed by atoms with van der Waals surface area (Å²) in [5, 5.41) is 15.5. The Balaban J connectivity index is 1.53. The van der Waals surface area contributed by atoms with Gasteiger partial charge in [0.1, 0.15) is 6.04 Å². The third-order valence-corrected chi connectivity index (χ3v) is 9.22. The molecule has 0 fully saturated rings. The summed E-state index contributed by atoms with van der Waals surface area (Å²) in [5.41, 5.74) is 4.55. The lowest BCUT2D eigenvalue weighted by atomic mass is 9.84. The Hall–Kier alpha value is -4.20. The largest absolute Gasteiger partial charge is 0.480 e. The van der Waals surface area contributed by atoms with E-state index in [1.54, 1.807) is 36.0 Å². The molecule has 1 amide bonds. The molecule has 0 aliphatic rings. The number of carboxylic acids is 1. The number of ketones is 1. The van der Waals surface area contributed by atoms with Crippen LogP contribution in [0.15, 0.2) is 115 Å². The molecule has 0 aliphatic heterocycles. The van der Waals surface area contributed by atoms with Crippen LogP contribution in [0.25, 0.3) is 0 Å². The number of nitrogens with one attached hydrogen (secondary N) is 2. The number of thioether (sulfide) groups is 1. The summed E-state index contributed by atoms with van der Waals surface area (Å²) in [6.45, 7) is 5.86. The maximum Gasteiger partial charge on any atom is 0.320 e. The molecule has 0 aliphatic carbocycles. The Morgan fingerprint density at radius 1 is 0.727 bits per heavy atom. The van der Waals surface area contributed by atoms with E-state index in [-0.39, 0.29) is 17.6 Å². The highest BCUT2D eigenvalue weighted by Crippen LogP contribution is 2.48. The smallest absolute Gasteiger partial charge is 0.320 e.